The number of carbonyl (C=O) groups excluding carboxylic acids is 2. The third-order valence-electron chi connectivity index (χ3n) is 4.30. The van der Waals surface area contributed by atoms with Crippen LogP contribution in [0.3, 0.4) is 0 Å². The van der Waals surface area contributed by atoms with Gasteiger partial charge < -0.3 is 16.0 Å². The molecule has 1 aliphatic rings. The second kappa shape index (κ2) is 7.55. The predicted octanol–water partition coefficient (Wildman–Crippen LogP) is 2.72. The zero-order valence-electron chi connectivity index (χ0n) is 14.1. The molecular weight excluding hydrogens is 381 g/mol. The number of aromatic nitrogens is 1. The first-order valence-corrected chi connectivity index (χ1v) is 9.09. The van der Waals surface area contributed by atoms with Crippen LogP contribution < -0.4 is 11.1 Å². The van der Waals surface area contributed by atoms with Crippen molar-refractivity contribution < 1.29 is 22.8 Å². The first kappa shape index (κ1) is 19.2. The molecule has 0 saturated carbocycles. The summed E-state index contributed by atoms with van der Waals surface area (Å²) >= 11 is 1.24. The molecule has 10 heteroatoms. The van der Waals surface area contributed by atoms with Crippen LogP contribution in [-0.4, -0.2) is 40.8 Å². The minimum Gasteiger partial charge on any atom is -0.368 e. The smallest absolute Gasteiger partial charge is 0.368 e. The number of primary amides is 1. The molecule has 1 aromatic carbocycles. The van der Waals surface area contributed by atoms with Gasteiger partial charge in [0, 0.05) is 17.5 Å². The summed E-state index contributed by atoms with van der Waals surface area (Å²) in [5, 5.41) is 5.05. The molecule has 0 radical (unpaired) electrons. The van der Waals surface area contributed by atoms with E-state index >= 15 is 0 Å². The van der Waals surface area contributed by atoms with E-state index in [1.54, 1.807) is 5.38 Å². The van der Waals surface area contributed by atoms with Gasteiger partial charge >= 0.3 is 6.18 Å². The molecule has 0 bridgehead atoms. The summed E-state index contributed by atoms with van der Waals surface area (Å²) in [5.41, 5.74) is 5.64. The summed E-state index contributed by atoms with van der Waals surface area (Å²) in [5.74, 6) is -0.762. The van der Waals surface area contributed by atoms with Crippen molar-refractivity contribution in [1.82, 2.24) is 9.88 Å². The Bertz CT molecular complexity index is 835. The van der Waals surface area contributed by atoms with Gasteiger partial charge in [-0.3, -0.25) is 9.59 Å². The zero-order chi connectivity index (χ0) is 19.6. The number of thiazole rings is 1. The number of hydrogen-bond donors (Lipinski definition) is 2. The number of nitrogens with zero attached hydrogens (tertiary/aromatic N) is 2. The highest BCUT2D eigenvalue weighted by atomic mass is 32.1. The van der Waals surface area contributed by atoms with Crippen molar-refractivity contribution in [2.24, 2.45) is 5.73 Å². The maximum Gasteiger partial charge on any atom is 0.416 e. The van der Waals surface area contributed by atoms with Crippen molar-refractivity contribution in [3.63, 3.8) is 0 Å². The molecule has 2 aromatic rings. The van der Waals surface area contributed by atoms with E-state index in [-0.39, 0.29) is 12.5 Å². The van der Waals surface area contributed by atoms with Crippen molar-refractivity contribution in [3.8, 4) is 11.3 Å². The number of benzene rings is 1. The van der Waals surface area contributed by atoms with Gasteiger partial charge in [-0.25, -0.2) is 4.98 Å². The van der Waals surface area contributed by atoms with Gasteiger partial charge in [0.05, 0.1) is 17.8 Å². The Balaban J connectivity index is 1.61. The minimum atomic E-state index is -4.38. The lowest BCUT2D eigenvalue weighted by Crippen LogP contribution is -2.45. The summed E-state index contributed by atoms with van der Waals surface area (Å²) in [6.07, 6.45) is -3.09. The standard InChI is InChI=1S/C17H17F3N4O2S/c18-17(19,20)11-5-3-10(4-6-11)12-9-27-16(23-12)22-8-14(25)24-7-1-2-13(24)15(21)26/h3-6,9,13H,1-2,7-8H2,(H2,21,26)(H,22,23)/t13-/m0/s1. The number of anilines is 1. The fourth-order valence-electron chi connectivity index (χ4n) is 2.93. The molecular formula is C17H17F3N4O2S. The van der Waals surface area contributed by atoms with E-state index in [2.05, 4.69) is 10.3 Å². The Morgan fingerprint density at radius 3 is 2.63 bits per heavy atom. The second-order valence-corrected chi connectivity index (χ2v) is 6.97. The van der Waals surface area contributed by atoms with Crippen LogP contribution in [0.1, 0.15) is 18.4 Å². The van der Waals surface area contributed by atoms with Crippen LogP contribution in [0.25, 0.3) is 11.3 Å². The Morgan fingerprint density at radius 2 is 2.00 bits per heavy atom. The summed E-state index contributed by atoms with van der Waals surface area (Å²) in [7, 11) is 0. The van der Waals surface area contributed by atoms with Gasteiger partial charge in [-0.05, 0) is 25.0 Å². The van der Waals surface area contributed by atoms with Gasteiger partial charge in [0.1, 0.15) is 6.04 Å². The van der Waals surface area contributed by atoms with Crippen LogP contribution in [-0.2, 0) is 15.8 Å². The second-order valence-electron chi connectivity index (χ2n) is 6.11. The van der Waals surface area contributed by atoms with Crippen LogP contribution in [0.5, 0.6) is 0 Å². The lowest BCUT2D eigenvalue weighted by atomic mass is 10.1. The Hall–Kier alpha value is -2.62. The molecule has 27 heavy (non-hydrogen) atoms. The van der Waals surface area contributed by atoms with Gasteiger partial charge in [-0.15, -0.1) is 11.3 Å². The van der Waals surface area contributed by atoms with Crippen LogP contribution in [0, 0.1) is 0 Å². The minimum absolute atomic E-state index is 0.0380. The zero-order valence-corrected chi connectivity index (χ0v) is 14.9. The van der Waals surface area contributed by atoms with Crippen molar-refractivity contribution in [3.05, 3.63) is 35.2 Å². The lowest BCUT2D eigenvalue weighted by molar-refractivity contribution is -0.137. The fraction of sp³-hybridized carbons (Fsp3) is 0.353. The number of amides is 2. The highest BCUT2D eigenvalue weighted by Gasteiger charge is 2.32. The van der Waals surface area contributed by atoms with Gasteiger partial charge in [0.2, 0.25) is 11.8 Å². The predicted molar refractivity (Wildman–Crippen MR) is 95.0 cm³/mol. The molecule has 1 saturated heterocycles. The molecule has 2 heterocycles. The van der Waals surface area contributed by atoms with Crippen LogP contribution in [0.4, 0.5) is 18.3 Å². The quantitative estimate of drug-likeness (QED) is 0.811. The maximum absolute atomic E-state index is 12.6. The monoisotopic (exact) mass is 398 g/mol. The lowest BCUT2D eigenvalue weighted by Gasteiger charge is -2.22. The summed E-state index contributed by atoms with van der Waals surface area (Å²) < 4.78 is 37.9. The van der Waals surface area contributed by atoms with Gasteiger partial charge in [0.25, 0.3) is 0 Å². The number of nitrogens with two attached hydrogens (primary N) is 1. The molecule has 144 valence electrons. The van der Waals surface area contributed by atoms with Crippen molar-refractivity contribution in [2.45, 2.75) is 25.1 Å². The van der Waals surface area contributed by atoms with E-state index in [0.29, 0.717) is 29.4 Å². The fourth-order valence-corrected chi connectivity index (χ4v) is 3.65. The normalized spacial score (nSPS) is 17.1. The van der Waals surface area contributed by atoms with Crippen molar-refractivity contribution >= 4 is 28.3 Å². The van der Waals surface area contributed by atoms with E-state index in [1.807, 2.05) is 0 Å². The third kappa shape index (κ3) is 4.38. The molecule has 6 nitrogen and oxygen atoms in total. The third-order valence-corrected chi connectivity index (χ3v) is 5.10. The number of hydrogen-bond acceptors (Lipinski definition) is 5. The largest absolute Gasteiger partial charge is 0.416 e. The van der Waals surface area contributed by atoms with Gasteiger partial charge in [-0.2, -0.15) is 13.2 Å². The molecule has 2 amide bonds. The maximum atomic E-state index is 12.6. The molecule has 1 aliphatic heterocycles. The Kier molecular flexibility index (Phi) is 5.36. The van der Waals surface area contributed by atoms with Crippen LogP contribution >= 0.6 is 11.3 Å². The first-order valence-electron chi connectivity index (χ1n) is 8.21. The van der Waals surface area contributed by atoms with E-state index in [4.69, 9.17) is 5.73 Å². The van der Waals surface area contributed by atoms with E-state index < -0.39 is 23.7 Å². The van der Waals surface area contributed by atoms with Gasteiger partial charge in [0.15, 0.2) is 5.13 Å². The van der Waals surface area contributed by atoms with E-state index in [9.17, 15) is 22.8 Å². The topological polar surface area (TPSA) is 88.3 Å². The summed E-state index contributed by atoms with van der Waals surface area (Å²) in [6.45, 7) is 0.451. The number of carbonyl (C=O) groups is 2. The van der Waals surface area contributed by atoms with Crippen molar-refractivity contribution in [1.29, 1.82) is 0 Å². The summed E-state index contributed by atoms with van der Waals surface area (Å²) in [4.78, 5) is 29.4. The average Bonchev–Trinajstić information content (AvgIpc) is 3.28. The van der Waals surface area contributed by atoms with Crippen molar-refractivity contribution in [2.75, 3.05) is 18.4 Å². The number of likely N-dealkylation sites (tertiary alicyclic amines) is 1. The molecule has 0 aliphatic carbocycles. The average molecular weight is 398 g/mol. The first-order chi connectivity index (χ1) is 12.8. The highest BCUT2D eigenvalue weighted by molar-refractivity contribution is 7.14. The van der Waals surface area contributed by atoms with Gasteiger partial charge in [-0.1, -0.05) is 12.1 Å². The molecule has 0 spiro atoms. The molecule has 1 aromatic heterocycles. The number of nitrogens with one attached hydrogen (secondary N) is 1. The number of rotatable bonds is 5. The molecule has 1 atom stereocenters. The van der Waals surface area contributed by atoms with E-state index in [0.717, 1.165) is 18.6 Å². The SMILES string of the molecule is NC(=O)[C@@H]1CCCN1C(=O)CNc1nc(-c2ccc(C(F)(F)F)cc2)cs1. The summed E-state index contributed by atoms with van der Waals surface area (Å²) in [6, 6.07) is 4.15. The Labute approximate surface area is 157 Å². The van der Waals surface area contributed by atoms with Crippen LogP contribution in [0.15, 0.2) is 29.6 Å². The molecule has 1 fully saturated rings. The number of halogens is 3. The molecule has 3 N–H and O–H groups in total. The number of alkyl halides is 3. The molecule has 3 rings (SSSR count). The highest BCUT2D eigenvalue weighted by Crippen LogP contribution is 2.31. The van der Waals surface area contributed by atoms with Crippen LogP contribution in [0.2, 0.25) is 0 Å². The van der Waals surface area contributed by atoms with E-state index in [1.165, 1.54) is 28.4 Å². The molecule has 0 unspecified atom stereocenters. The Morgan fingerprint density at radius 1 is 1.30 bits per heavy atom.